The van der Waals surface area contributed by atoms with E-state index in [1.165, 1.54) is 29.5 Å². The Morgan fingerprint density at radius 2 is 1.68 bits per heavy atom. The summed E-state index contributed by atoms with van der Waals surface area (Å²) >= 11 is 1.54. The van der Waals surface area contributed by atoms with Crippen LogP contribution >= 0.6 is 11.3 Å². The lowest BCUT2D eigenvalue weighted by atomic mass is 10.0. The SMILES string of the molecule is CC/C(=C/C(=O)c1ccc(C(F)(F)F)cc1)N[C@@H](Cc1ccc(OCCc2nc(-c3ccc(F)cc3)sc2C)cc1)C(=O)O. The molecule has 1 atom stereocenters. The number of benzene rings is 3. The van der Waals surface area contributed by atoms with Crippen LogP contribution in [0.25, 0.3) is 10.6 Å². The lowest BCUT2D eigenvalue weighted by Gasteiger charge is -2.18. The van der Waals surface area contributed by atoms with Crippen molar-refractivity contribution in [3.63, 3.8) is 0 Å². The number of carboxylic acid groups (broad SMARTS) is 1. The van der Waals surface area contributed by atoms with Crippen molar-refractivity contribution in [3.8, 4) is 16.3 Å². The zero-order valence-corrected chi connectivity index (χ0v) is 24.8. The summed E-state index contributed by atoms with van der Waals surface area (Å²) in [5.74, 6) is -1.35. The number of nitrogens with one attached hydrogen (secondary N) is 1. The normalized spacial score (nSPS) is 12.5. The number of ether oxygens (including phenoxy) is 1. The molecule has 0 radical (unpaired) electrons. The molecule has 0 aliphatic rings. The fraction of sp³-hybridized carbons (Fsp3) is 0.242. The minimum atomic E-state index is -4.51. The zero-order chi connectivity index (χ0) is 31.9. The Bertz CT molecular complexity index is 1610. The van der Waals surface area contributed by atoms with Gasteiger partial charge in [0, 0.05) is 40.6 Å². The van der Waals surface area contributed by atoms with E-state index in [9.17, 15) is 32.3 Å². The van der Waals surface area contributed by atoms with Gasteiger partial charge in [-0.1, -0.05) is 31.2 Å². The Morgan fingerprint density at radius 1 is 1.02 bits per heavy atom. The van der Waals surface area contributed by atoms with Crippen LogP contribution in [0.4, 0.5) is 17.6 Å². The summed E-state index contributed by atoms with van der Waals surface area (Å²) in [5, 5.41) is 13.5. The molecular weight excluding hydrogens is 596 g/mol. The van der Waals surface area contributed by atoms with Crippen LogP contribution in [0.3, 0.4) is 0 Å². The lowest BCUT2D eigenvalue weighted by Crippen LogP contribution is -2.38. The molecule has 11 heteroatoms. The molecule has 4 aromatic rings. The number of aliphatic carboxylic acids is 1. The summed E-state index contributed by atoms with van der Waals surface area (Å²) in [5.41, 5.74) is 2.03. The number of aryl methyl sites for hydroxylation is 1. The molecule has 0 aliphatic heterocycles. The standard InChI is InChI=1S/C33H30F4N2O4S/c1-3-26(19-30(40)22-6-10-24(11-7-22)33(35,36)37)38-29(32(41)42)18-21-4-14-27(15-5-21)43-17-16-28-20(2)44-31(39-28)23-8-12-25(34)13-9-23/h4-15,19,29,38H,3,16-18H2,1-2H3,(H,41,42)/b26-19-/t29-/m0/s1. The van der Waals surface area contributed by atoms with Crippen molar-refractivity contribution in [1.82, 2.24) is 10.3 Å². The molecular formula is C33H30F4N2O4S. The van der Waals surface area contributed by atoms with E-state index < -0.39 is 29.5 Å². The van der Waals surface area contributed by atoms with E-state index in [4.69, 9.17) is 4.74 Å². The van der Waals surface area contributed by atoms with E-state index in [1.807, 2.05) is 6.92 Å². The third-order valence-corrected chi connectivity index (χ3v) is 7.86. The molecule has 0 spiro atoms. The van der Waals surface area contributed by atoms with E-state index >= 15 is 0 Å². The van der Waals surface area contributed by atoms with Crippen LogP contribution < -0.4 is 10.1 Å². The van der Waals surface area contributed by atoms with Crippen LogP contribution in [0.2, 0.25) is 0 Å². The number of rotatable bonds is 13. The van der Waals surface area contributed by atoms with Crippen molar-refractivity contribution in [2.24, 2.45) is 0 Å². The van der Waals surface area contributed by atoms with E-state index in [-0.39, 0.29) is 17.8 Å². The predicted molar refractivity (Wildman–Crippen MR) is 160 cm³/mol. The first kappa shape index (κ1) is 32.4. The van der Waals surface area contributed by atoms with Crippen molar-refractivity contribution in [3.05, 3.63) is 118 Å². The molecule has 1 aromatic heterocycles. The van der Waals surface area contributed by atoms with Crippen molar-refractivity contribution < 1.29 is 37.0 Å². The van der Waals surface area contributed by atoms with Gasteiger partial charge in [-0.15, -0.1) is 11.3 Å². The number of halogens is 4. The van der Waals surface area contributed by atoms with Gasteiger partial charge in [-0.2, -0.15) is 13.2 Å². The summed E-state index contributed by atoms with van der Waals surface area (Å²) in [4.78, 5) is 30.3. The molecule has 44 heavy (non-hydrogen) atoms. The Hall–Kier alpha value is -4.51. The fourth-order valence-electron chi connectivity index (χ4n) is 4.33. The second kappa shape index (κ2) is 14.3. The number of hydrogen-bond donors (Lipinski definition) is 2. The largest absolute Gasteiger partial charge is 0.493 e. The highest BCUT2D eigenvalue weighted by Crippen LogP contribution is 2.30. The van der Waals surface area contributed by atoms with Crippen LogP contribution in [0.1, 0.15) is 45.4 Å². The summed E-state index contributed by atoms with van der Waals surface area (Å²) < 4.78 is 57.6. The van der Waals surface area contributed by atoms with E-state index in [0.717, 1.165) is 51.0 Å². The molecule has 0 unspecified atom stereocenters. The molecule has 0 saturated heterocycles. The second-order valence-electron chi connectivity index (χ2n) is 9.97. The number of aromatic nitrogens is 1. The number of carbonyl (C=O) groups is 2. The Kier molecular flexibility index (Phi) is 10.5. The number of carboxylic acids is 1. The molecule has 0 amide bonds. The van der Waals surface area contributed by atoms with Crippen LogP contribution in [-0.2, 0) is 23.8 Å². The summed E-state index contributed by atoms with van der Waals surface area (Å²) in [6, 6.07) is 16.0. The van der Waals surface area contributed by atoms with E-state index in [0.29, 0.717) is 30.9 Å². The first-order valence-corrected chi connectivity index (χ1v) is 14.6. The Balaban J connectivity index is 1.32. The number of allylic oxidation sites excluding steroid dienone is 2. The smallest absolute Gasteiger partial charge is 0.416 e. The van der Waals surface area contributed by atoms with Gasteiger partial charge in [0.25, 0.3) is 0 Å². The van der Waals surface area contributed by atoms with Crippen molar-refractivity contribution in [1.29, 1.82) is 0 Å². The Morgan fingerprint density at radius 3 is 2.27 bits per heavy atom. The summed E-state index contributed by atoms with van der Waals surface area (Å²) in [7, 11) is 0. The molecule has 4 rings (SSSR count). The average molecular weight is 627 g/mol. The number of ketones is 1. The Labute approximate surface area is 256 Å². The number of alkyl halides is 3. The molecule has 0 bridgehead atoms. The van der Waals surface area contributed by atoms with Gasteiger partial charge in [0.05, 0.1) is 17.9 Å². The molecule has 0 aliphatic carbocycles. The maximum Gasteiger partial charge on any atom is 0.416 e. The quantitative estimate of drug-likeness (QED) is 0.0900. The van der Waals surface area contributed by atoms with Crippen LogP contribution in [0.15, 0.2) is 84.6 Å². The minimum absolute atomic E-state index is 0.0615. The van der Waals surface area contributed by atoms with Gasteiger partial charge >= 0.3 is 12.1 Å². The number of carbonyl (C=O) groups excluding carboxylic acids is 1. The number of nitrogens with zero attached hydrogens (tertiary/aromatic N) is 1. The highest BCUT2D eigenvalue weighted by atomic mass is 32.1. The van der Waals surface area contributed by atoms with Crippen LogP contribution in [0.5, 0.6) is 5.75 Å². The van der Waals surface area contributed by atoms with Gasteiger partial charge in [-0.25, -0.2) is 14.2 Å². The predicted octanol–water partition coefficient (Wildman–Crippen LogP) is 7.66. The van der Waals surface area contributed by atoms with Gasteiger partial charge in [0.1, 0.15) is 22.6 Å². The van der Waals surface area contributed by atoms with E-state index in [2.05, 4.69) is 10.3 Å². The van der Waals surface area contributed by atoms with Gasteiger partial charge in [-0.3, -0.25) is 4.79 Å². The first-order chi connectivity index (χ1) is 20.9. The molecule has 3 aromatic carbocycles. The van der Waals surface area contributed by atoms with Gasteiger partial charge in [-0.05, 0) is 67.4 Å². The van der Waals surface area contributed by atoms with Crippen molar-refractivity contribution >= 4 is 23.1 Å². The monoisotopic (exact) mass is 626 g/mol. The third-order valence-electron chi connectivity index (χ3n) is 6.80. The lowest BCUT2D eigenvalue weighted by molar-refractivity contribution is -0.139. The number of hydrogen-bond acceptors (Lipinski definition) is 6. The molecule has 0 saturated carbocycles. The minimum Gasteiger partial charge on any atom is -0.493 e. The second-order valence-corrected chi connectivity index (χ2v) is 11.2. The highest BCUT2D eigenvalue weighted by molar-refractivity contribution is 7.15. The molecule has 6 nitrogen and oxygen atoms in total. The summed E-state index contributed by atoms with van der Waals surface area (Å²) in [6.07, 6.45) is -2.29. The third kappa shape index (κ3) is 8.76. The van der Waals surface area contributed by atoms with E-state index in [1.54, 1.807) is 43.3 Å². The van der Waals surface area contributed by atoms with Gasteiger partial charge in [0.2, 0.25) is 0 Å². The maximum atomic E-state index is 13.2. The zero-order valence-electron chi connectivity index (χ0n) is 24.0. The maximum absolute atomic E-state index is 13.2. The fourth-order valence-corrected chi connectivity index (χ4v) is 5.30. The van der Waals surface area contributed by atoms with Crippen LogP contribution in [0, 0.1) is 12.7 Å². The van der Waals surface area contributed by atoms with Gasteiger partial charge < -0.3 is 15.2 Å². The molecule has 230 valence electrons. The average Bonchev–Trinajstić information content (AvgIpc) is 3.37. The first-order valence-electron chi connectivity index (χ1n) is 13.8. The molecule has 0 fully saturated rings. The molecule has 2 N–H and O–H groups in total. The van der Waals surface area contributed by atoms with Crippen LogP contribution in [-0.4, -0.2) is 34.5 Å². The summed E-state index contributed by atoms with van der Waals surface area (Å²) in [6.45, 7) is 4.09. The van der Waals surface area contributed by atoms with Gasteiger partial charge in [0.15, 0.2) is 5.78 Å². The molecule has 1 heterocycles. The van der Waals surface area contributed by atoms with Crippen molar-refractivity contribution in [2.45, 2.75) is 45.3 Å². The highest BCUT2D eigenvalue weighted by Gasteiger charge is 2.30. The van der Waals surface area contributed by atoms with Crippen molar-refractivity contribution in [2.75, 3.05) is 6.61 Å². The number of thiazole rings is 1. The topological polar surface area (TPSA) is 88.5 Å².